The second-order valence-corrected chi connectivity index (χ2v) is 4.65. The Morgan fingerprint density at radius 2 is 1.86 bits per heavy atom. The first-order valence-corrected chi connectivity index (χ1v) is 7.00. The number of rotatable bonds is 6. The van der Waals surface area contributed by atoms with Crippen LogP contribution in [0, 0.1) is 0 Å². The molecule has 0 aliphatic heterocycles. The largest absolute Gasteiger partial charge is 0.377 e. The number of carbonyl (C=O) groups is 1. The summed E-state index contributed by atoms with van der Waals surface area (Å²) in [4.78, 5) is 12.3. The molecule has 0 aliphatic carbocycles. The maximum Gasteiger partial charge on any atom is 0.255 e. The monoisotopic (exact) mass is 284 g/mol. The molecular weight excluding hydrogens is 264 g/mol. The van der Waals surface area contributed by atoms with Gasteiger partial charge in [0, 0.05) is 30.0 Å². The fraction of sp³-hybridized carbons (Fsp3) is 0.235. The Kier molecular flexibility index (Phi) is 5.49. The molecule has 4 nitrogen and oxygen atoms in total. The smallest absolute Gasteiger partial charge is 0.255 e. The normalized spacial score (nSPS) is 10.4. The first kappa shape index (κ1) is 15.2. The van der Waals surface area contributed by atoms with Gasteiger partial charge < -0.3 is 15.8 Å². The molecule has 21 heavy (non-hydrogen) atoms. The summed E-state index contributed by atoms with van der Waals surface area (Å²) in [5.74, 6) is -0.137. The summed E-state index contributed by atoms with van der Waals surface area (Å²) in [6, 6.07) is 14.9. The van der Waals surface area contributed by atoms with E-state index < -0.39 is 0 Å². The van der Waals surface area contributed by atoms with E-state index in [0.717, 1.165) is 16.8 Å². The zero-order valence-electron chi connectivity index (χ0n) is 12.1. The molecule has 0 bridgehead atoms. The second kappa shape index (κ2) is 7.57. The molecule has 2 rings (SSSR count). The van der Waals surface area contributed by atoms with E-state index in [0.29, 0.717) is 25.3 Å². The van der Waals surface area contributed by atoms with Crippen molar-refractivity contribution in [3.05, 3.63) is 65.2 Å². The number of nitrogens with one attached hydrogen (secondary N) is 1. The van der Waals surface area contributed by atoms with E-state index >= 15 is 0 Å². The number of para-hydroxylation sites is 1. The van der Waals surface area contributed by atoms with Crippen molar-refractivity contribution in [3.8, 4) is 0 Å². The highest BCUT2D eigenvalue weighted by atomic mass is 16.5. The highest BCUT2D eigenvalue weighted by Crippen LogP contribution is 2.17. The number of amides is 1. The molecule has 0 atom stereocenters. The van der Waals surface area contributed by atoms with Crippen LogP contribution < -0.4 is 11.1 Å². The third-order valence-corrected chi connectivity index (χ3v) is 3.18. The molecule has 110 valence electrons. The van der Waals surface area contributed by atoms with Gasteiger partial charge >= 0.3 is 0 Å². The van der Waals surface area contributed by atoms with Crippen LogP contribution in [0.5, 0.6) is 0 Å². The maximum atomic E-state index is 12.3. The van der Waals surface area contributed by atoms with Crippen LogP contribution in [-0.4, -0.2) is 12.5 Å². The van der Waals surface area contributed by atoms with E-state index in [-0.39, 0.29) is 5.91 Å². The van der Waals surface area contributed by atoms with E-state index in [1.54, 1.807) is 12.1 Å². The average molecular weight is 284 g/mol. The predicted molar refractivity (Wildman–Crippen MR) is 84.1 cm³/mol. The Labute approximate surface area is 124 Å². The fourth-order valence-corrected chi connectivity index (χ4v) is 1.97. The highest BCUT2D eigenvalue weighted by Gasteiger charge is 2.08. The van der Waals surface area contributed by atoms with E-state index in [1.807, 2.05) is 43.3 Å². The molecule has 0 spiro atoms. The van der Waals surface area contributed by atoms with Gasteiger partial charge in [-0.25, -0.2) is 0 Å². The van der Waals surface area contributed by atoms with Crippen LogP contribution >= 0.6 is 0 Å². The van der Waals surface area contributed by atoms with Gasteiger partial charge in [0.15, 0.2) is 0 Å². The summed E-state index contributed by atoms with van der Waals surface area (Å²) in [5.41, 5.74) is 8.91. The fourth-order valence-electron chi connectivity index (χ4n) is 1.97. The minimum absolute atomic E-state index is 0.137. The molecule has 0 aliphatic rings. The van der Waals surface area contributed by atoms with Crippen LogP contribution in [0.25, 0.3) is 0 Å². The van der Waals surface area contributed by atoms with E-state index in [4.69, 9.17) is 10.5 Å². The highest BCUT2D eigenvalue weighted by molar-refractivity contribution is 6.04. The number of benzene rings is 2. The number of hydrogen-bond donors (Lipinski definition) is 2. The predicted octanol–water partition coefficient (Wildman–Crippen LogP) is 2.93. The molecule has 2 aromatic rings. The first-order chi connectivity index (χ1) is 10.2. The van der Waals surface area contributed by atoms with Crippen molar-refractivity contribution in [1.82, 2.24) is 0 Å². The molecule has 1 amide bonds. The number of nitrogens with two attached hydrogens (primary N) is 1. The van der Waals surface area contributed by atoms with Gasteiger partial charge in [0.2, 0.25) is 0 Å². The van der Waals surface area contributed by atoms with E-state index in [2.05, 4.69) is 5.32 Å². The number of hydrogen-bond acceptors (Lipinski definition) is 3. The average Bonchev–Trinajstić information content (AvgIpc) is 2.54. The molecule has 0 aromatic heterocycles. The second-order valence-electron chi connectivity index (χ2n) is 4.65. The summed E-state index contributed by atoms with van der Waals surface area (Å²) < 4.78 is 5.41. The van der Waals surface area contributed by atoms with Gasteiger partial charge in [-0.3, -0.25) is 4.79 Å². The van der Waals surface area contributed by atoms with Crippen LogP contribution in [0.1, 0.15) is 28.4 Å². The molecule has 4 heteroatoms. The lowest BCUT2D eigenvalue weighted by atomic mass is 10.1. The Bertz CT molecular complexity index is 594. The summed E-state index contributed by atoms with van der Waals surface area (Å²) >= 11 is 0. The van der Waals surface area contributed by atoms with Crippen molar-refractivity contribution >= 4 is 11.6 Å². The lowest BCUT2D eigenvalue weighted by Gasteiger charge is -2.11. The quantitative estimate of drug-likeness (QED) is 0.857. The van der Waals surface area contributed by atoms with Gasteiger partial charge in [-0.2, -0.15) is 0 Å². The summed E-state index contributed by atoms with van der Waals surface area (Å²) in [6.45, 7) is 3.54. The Morgan fingerprint density at radius 3 is 2.52 bits per heavy atom. The molecule has 0 radical (unpaired) electrons. The van der Waals surface area contributed by atoms with Crippen molar-refractivity contribution in [3.63, 3.8) is 0 Å². The first-order valence-electron chi connectivity index (χ1n) is 7.00. The van der Waals surface area contributed by atoms with Gasteiger partial charge in [-0.15, -0.1) is 0 Å². The number of ether oxygens (including phenoxy) is 1. The molecule has 0 heterocycles. The van der Waals surface area contributed by atoms with Crippen molar-refractivity contribution in [1.29, 1.82) is 0 Å². The Hall–Kier alpha value is -2.17. The van der Waals surface area contributed by atoms with Crippen LogP contribution in [-0.2, 0) is 17.9 Å². The topological polar surface area (TPSA) is 64.3 Å². The summed E-state index contributed by atoms with van der Waals surface area (Å²) in [7, 11) is 0. The number of carbonyl (C=O) groups excluding carboxylic acids is 1. The van der Waals surface area contributed by atoms with Gasteiger partial charge in [0.05, 0.1) is 6.61 Å². The van der Waals surface area contributed by atoms with E-state index in [1.165, 1.54) is 0 Å². The van der Waals surface area contributed by atoms with Crippen molar-refractivity contribution < 1.29 is 9.53 Å². The minimum Gasteiger partial charge on any atom is -0.377 e. The van der Waals surface area contributed by atoms with Gasteiger partial charge in [0.1, 0.15) is 0 Å². The molecular formula is C17H20N2O2. The van der Waals surface area contributed by atoms with Crippen molar-refractivity contribution in [2.45, 2.75) is 20.1 Å². The molecule has 0 fully saturated rings. The van der Waals surface area contributed by atoms with Crippen LogP contribution in [0.2, 0.25) is 0 Å². The van der Waals surface area contributed by atoms with Crippen LogP contribution in [0.4, 0.5) is 5.69 Å². The zero-order valence-corrected chi connectivity index (χ0v) is 12.1. The molecule has 2 aromatic carbocycles. The minimum atomic E-state index is -0.137. The SMILES string of the molecule is CCOCc1ccccc1NC(=O)c1ccc(CN)cc1. The number of anilines is 1. The van der Waals surface area contributed by atoms with Gasteiger partial charge in [0.25, 0.3) is 5.91 Å². The standard InChI is InChI=1S/C17H20N2O2/c1-2-21-12-15-5-3-4-6-16(15)19-17(20)14-9-7-13(11-18)8-10-14/h3-10H,2,11-12,18H2,1H3,(H,19,20). The third kappa shape index (κ3) is 4.15. The molecule has 3 N–H and O–H groups in total. The molecule has 0 saturated heterocycles. The lowest BCUT2D eigenvalue weighted by Crippen LogP contribution is -2.13. The molecule has 0 saturated carbocycles. The van der Waals surface area contributed by atoms with Crippen molar-refractivity contribution in [2.75, 3.05) is 11.9 Å². The summed E-state index contributed by atoms with van der Waals surface area (Å²) in [6.07, 6.45) is 0. The Balaban J connectivity index is 2.11. The lowest BCUT2D eigenvalue weighted by molar-refractivity contribution is 0.102. The summed E-state index contributed by atoms with van der Waals surface area (Å²) in [5, 5.41) is 2.92. The third-order valence-electron chi connectivity index (χ3n) is 3.18. The Morgan fingerprint density at radius 1 is 1.14 bits per heavy atom. The maximum absolute atomic E-state index is 12.3. The van der Waals surface area contributed by atoms with Crippen molar-refractivity contribution in [2.24, 2.45) is 5.73 Å². The van der Waals surface area contributed by atoms with Crippen LogP contribution in [0.15, 0.2) is 48.5 Å². The zero-order chi connectivity index (χ0) is 15.1. The van der Waals surface area contributed by atoms with Gasteiger partial charge in [-0.05, 0) is 30.7 Å². The van der Waals surface area contributed by atoms with Gasteiger partial charge in [-0.1, -0.05) is 30.3 Å². The van der Waals surface area contributed by atoms with Crippen LogP contribution in [0.3, 0.4) is 0 Å². The van der Waals surface area contributed by atoms with E-state index in [9.17, 15) is 4.79 Å². The molecule has 0 unspecified atom stereocenters.